The lowest BCUT2D eigenvalue weighted by molar-refractivity contribution is -0.474. The van der Waals surface area contributed by atoms with Crippen molar-refractivity contribution >= 4 is 0 Å². The lowest BCUT2D eigenvalue weighted by Gasteiger charge is -2.39. The third-order valence-corrected chi connectivity index (χ3v) is 3.69. The molecule has 0 bridgehead atoms. The van der Waals surface area contributed by atoms with E-state index in [1.165, 1.54) is 16.7 Å². The Balaban J connectivity index is 2.52. The summed E-state index contributed by atoms with van der Waals surface area (Å²) in [7, 11) is 0. The molecular formula is C16H24O2. The molecule has 0 aromatic heterocycles. The van der Waals surface area contributed by atoms with Gasteiger partial charge in [0, 0.05) is 0 Å². The largest absolute Gasteiger partial charge is 0.232 e. The molecule has 1 aliphatic rings. The van der Waals surface area contributed by atoms with Gasteiger partial charge in [0.25, 0.3) is 0 Å². The van der Waals surface area contributed by atoms with Crippen molar-refractivity contribution in [3.05, 3.63) is 34.9 Å². The van der Waals surface area contributed by atoms with Crippen LogP contribution in [0.1, 0.15) is 64.2 Å². The molecule has 2 nitrogen and oxygen atoms in total. The van der Waals surface area contributed by atoms with Crippen molar-refractivity contribution in [1.29, 1.82) is 0 Å². The quantitative estimate of drug-likeness (QED) is 0.727. The number of hydrogen-bond acceptors (Lipinski definition) is 2. The second kappa shape index (κ2) is 4.36. The normalized spacial score (nSPS) is 24.2. The van der Waals surface area contributed by atoms with Gasteiger partial charge in [0.05, 0.1) is 0 Å². The molecular weight excluding hydrogens is 224 g/mol. The highest BCUT2D eigenvalue weighted by Gasteiger charge is 2.40. The Labute approximate surface area is 110 Å². The lowest BCUT2D eigenvalue weighted by atomic mass is 9.80. The first-order valence-corrected chi connectivity index (χ1v) is 6.69. The van der Waals surface area contributed by atoms with Crippen LogP contribution in [0.25, 0.3) is 0 Å². The molecule has 0 saturated carbocycles. The fourth-order valence-corrected chi connectivity index (χ4v) is 2.34. The van der Waals surface area contributed by atoms with Gasteiger partial charge in [0.1, 0.15) is 6.61 Å². The van der Waals surface area contributed by atoms with E-state index < -0.39 is 0 Å². The topological polar surface area (TPSA) is 18.5 Å². The van der Waals surface area contributed by atoms with Crippen LogP contribution in [0.15, 0.2) is 18.2 Å². The van der Waals surface area contributed by atoms with E-state index in [9.17, 15) is 0 Å². The van der Waals surface area contributed by atoms with Crippen molar-refractivity contribution in [3.63, 3.8) is 0 Å². The minimum Gasteiger partial charge on any atom is -0.232 e. The van der Waals surface area contributed by atoms with Crippen molar-refractivity contribution in [2.45, 2.75) is 58.5 Å². The van der Waals surface area contributed by atoms with E-state index in [1.54, 1.807) is 0 Å². The predicted octanol–water partition coefficient (Wildman–Crippen LogP) is 4.28. The van der Waals surface area contributed by atoms with Crippen LogP contribution in [-0.4, -0.2) is 6.61 Å². The Hall–Kier alpha value is -0.860. The van der Waals surface area contributed by atoms with Gasteiger partial charge in [-0.05, 0) is 34.9 Å². The molecule has 2 heteroatoms. The maximum atomic E-state index is 5.36. The maximum Gasteiger partial charge on any atom is 0.152 e. The van der Waals surface area contributed by atoms with Gasteiger partial charge in [-0.15, -0.1) is 0 Å². The standard InChI is InChI=1S/C16H24O2/c1-11(2)13-8-7-12(15(3,4)5)9-14(13)16(6)10-17-18-16/h7-9,11H,10H2,1-6H3. The molecule has 1 aliphatic heterocycles. The van der Waals surface area contributed by atoms with Crippen molar-refractivity contribution in [2.24, 2.45) is 0 Å². The minimum atomic E-state index is -0.277. The zero-order valence-electron chi connectivity index (χ0n) is 12.3. The average molecular weight is 248 g/mol. The van der Waals surface area contributed by atoms with E-state index >= 15 is 0 Å². The van der Waals surface area contributed by atoms with Crippen LogP contribution in [0.4, 0.5) is 0 Å². The third-order valence-electron chi connectivity index (χ3n) is 3.69. The number of hydrogen-bond donors (Lipinski definition) is 0. The Morgan fingerprint density at radius 2 is 1.83 bits per heavy atom. The average Bonchev–Trinajstić information content (AvgIpc) is 2.23. The molecule has 1 unspecified atom stereocenters. The van der Waals surface area contributed by atoms with Crippen LogP contribution in [0.3, 0.4) is 0 Å². The summed E-state index contributed by atoms with van der Waals surface area (Å²) in [6.07, 6.45) is 0. The summed E-state index contributed by atoms with van der Waals surface area (Å²) in [4.78, 5) is 10.3. The van der Waals surface area contributed by atoms with Gasteiger partial charge in [0.15, 0.2) is 5.60 Å². The first kappa shape index (κ1) is 13.6. The highest BCUT2D eigenvalue weighted by atomic mass is 17.2. The Bertz CT molecular complexity index is 437. The van der Waals surface area contributed by atoms with Gasteiger partial charge < -0.3 is 0 Å². The summed E-state index contributed by atoms with van der Waals surface area (Å²) in [5.41, 5.74) is 3.86. The summed E-state index contributed by atoms with van der Waals surface area (Å²) in [5.74, 6) is 0.495. The van der Waals surface area contributed by atoms with Crippen LogP contribution in [0.5, 0.6) is 0 Å². The summed E-state index contributed by atoms with van der Waals surface area (Å²) < 4.78 is 0. The second-order valence-electron chi connectivity index (χ2n) is 6.78. The molecule has 0 aliphatic carbocycles. The molecule has 1 atom stereocenters. The highest BCUT2D eigenvalue weighted by molar-refractivity contribution is 5.40. The molecule has 0 spiro atoms. The van der Waals surface area contributed by atoms with Crippen LogP contribution < -0.4 is 0 Å². The molecule has 2 rings (SSSR count). The smallest absolute Gasteiger partial charge is 0.152 e. The second-order valence-corrected chi connectivity index (χ2v) is 6.78. The van der Waals surface area contributed by atoms with Crippen LogP contribution >= 0.6 is 0 Å². The molecule has 1 aromatic rings. The SMILES string of the molecule is CC(C)c1ccc(C(C)(C)C)cc1C1(C)COO1. The summed E-state index contributed by atoms with van der Waals surface area (Å²) in [6, 6.07) is 6.77. The number of rotatable bonds is 2. The van der Waals surface area contributed by atoms with Gasteiger partial charge >= 0.3 is 0 Å². The van der Waals surface area contributed by atoms with Crippen LogP contribution in [0.2, 0.25) is 0 Å². The molecule has 1 aromatic carbocycles. The maximum absolute atomic E-state index is 5.36. The molecule has 18 heavy (non-hydrogen) atoms. The zero-order chi connectivity index (χ0) is 13.6. The first-order valence-electron chi connectivity index (χ1n) is 6.69. The van der Waals surface area contributed by atoms with Gasteiger partial charge in [-0.1, -0.05) is 52.8 Å². The van der Waals surface area contributed by atoms with E-state index in [0.29, 0.717) is 12.5 Å². The van der Waals surface area contributed by atoms with Crippen molar-refractivity contribution in [1.82, 2.24) is 0 Å². The first-order chi connectivity index (χ1) is 8.24. The zero-order valence-corrected chi connectivity index (χ0v) is 12.3. The molecule has 100 valence electrons. The molecule has 0 amide bonds. The summed E-state index contributed by atoms with van der Waals surface area (Å²) >= 11 is 0. The van der Waals surface area contributed by atoms with Crippen molar-refractivity contribution < 1.29 is 9.78 Å². The Kier molecular flexibility index (Phi) is 3.28. The molecule has 0 N–H and O–H groups in total. The van der Waals surface area contributed by atoms with Crippen LogP contribution in [0, 0.1) is 0 Å². The molecule has 0 radical (unpaired) electrons. The van der Waals surface area contributed by atoms with E-state index in [4.69, 9.17) is 9.78 Å². The van der Waals surface area contributed by atoms with E-state index in [2.05, 4.69) is 59.7 Å². The monoisotopic (exact) mass is 248 g/mol. The van der Waals surface area contributed by atoms with Gasteiger partial charge in [-0.3, -0.25) is 0 Å². The molecule has 1 saturated heterocycles. The summed E-state index contributed by atoms with van der Waals surface area (Å²) in [6.45, 7) is 13.9. The van der Waals surface area contributed by atoms with Crippen molar-refractivity contribution in [2.75, 3.05) is 6.61 Å². The Morgan fingerprint density at radius 1 is 1.22 bits per heavy atom. The van der Waals surface area contributed by atoms with Gasteiger partial charge in [-0.2, -0.15) is 0 Å². The molecule has 1 fully saturated rings. The third kappa shape index (κ3) is 2.32. The minimum absolute atomic E-state index is 0.158. The van der Waals surface area contributed by atoms with E-state index in [0.717, 1.165) is 0 Å². The fraction of sp³-hybridized carbons (Fsp3) is 0.625. The van der Waals surface area contributed by atoms with Gasteiger partial charge in [0.2, 0.25) is 0 Å². The predicted molar refractivity (Wildman–Crippen MR) is 73.6 cm³/mol. The summed E-state index contributed by atoms with van der Waals surface area (Å²) in [5, 5.41) is 0. The highest BCUT2D eigenvalue weighted by Crippen LogP contribution is 2.39. The van der Waals surface area contributed by atoms with E-state index in [1.807, 2.05) is 0 Å². The van der Waals surface area contributed by atoms with Crippen LogP contribution in [-0.2, 0) is 20.8 Å². The number of benzene rings is 1. The Morgan fingerprint density at radius 3 is 2.22 bits per heavy atom. The van der Waals surface area contributed by atoms with E-state index in [-0.39, 0.29) is 11.0 Å². The molecule has 1 heterocycles. The van der Waals surface area contributed by atoms with Gasteiger partial charge in [-0.25, -0.2) is 9.78 Å². The fourth-order valence-electron chi connectivity index (χ4n) is 2.34. The van der Waals surface area contributed by atoms with Crippen molar-refractivity contribution in [3.8, 4) is 0 Å². The lowest BCUT2D eigenvalue weighted by Crippen LogP contribution is -2.42.